The lowest BCUT2D eigenvalue weighted by Gasteiger charge is -2.20. The summed E-state index contributed by atoms with van der Waals surface area (Å²) in [7, 11) is 1.37. The third-order valence-electron chi connectivity index (χ3n) is 2.95. The van der Waals surface area contributed by atoms with Gasteiger partial charge in [-0.25, -0.2) is 4.79 Å². The summed E-state index contributed by atoms with van der Waals surface area (Å²) in [6.07, 6.45) is 0.770. The van der Waals surface area contributed by atoms with Crippen LogP contribution in [0.15, 0.2) is 22.7 Å². The first-order chi connectivity index (χ1) is 9.12. The van der Waals surface area contributed by atoms with E-state index in [9.17, 15) is 4.79 Å². The predicted molar refractivity (Wildman–Crippen MR) is 78.1 cm³/mol. The molecule has 1 aromatic rings. The highest BCUT2D eigenvalue weighted by Crippen LogP contribution is 2.21. The second kappa shape index (κ2) is 8.30. The highest BCUT2D eigenvalue weighted by molar-refractivity contribution is 9.10. The fourth-order valence-corrected chi connectivity index (χ4v) is 2.31. The second-order valence-corrected chi connectivity index (χ2v) is 5.10. The van der Waals surface area contributed by atoms with Crippen LogP contribution in [0.25, 0.3) is 0 Å². The van der Waals surface area contributed by atoms with Crippen molar-refractivity contribution in [3.63, 3.8) is 0 Å². The van der Waals surface area contributed by atoms with E-state index in [0.717, 1.165) is 36.1 Å². The van der Waals surface area contributed by atoms with Crippen LogP contribution in [-0.2, 0) is 11.3 Å². The van der Waals surface area contributed by atoms with E-state index in [1.807, 2.05) is 6.07 Å². The van der Waals surface area contributed by atoms with Crippen LogP contribution >= 0.6 is 15.9 Å². The lowest BCUT2D eigenvalue weighted by atomic mass is 10.1. The van der Waals surface area contributed by atoms with Gasteiger partial charge in [-0.15, -0.1) is 0 Å². The first-order valence-electron chi connectivity index (χ1n) is 6.32. The minimum atomic E-state index is -0.333. The van der Waals surface area contributed by atoms with E-state index < -0.39 is 0 Å². The van der Waals surface area contributed by atoms with Gasteiger partial charge in [0.1, 0.15) is 0 Å². The zero-order chi connectivity index (χ0) is 14.3. The molecule has 19 heavy (non-hydrogen) atoms. The Morgan fingerprint density at radius 2 is 2.21 bits per heavy atom. The number of rotatable bonds is 7. The van der Waals surface area contributed by atoms with Crippen molar-refractivity contribution in [2.24, 2.45) is 0 Å². The van der Waals surface area contributed by atoms with Gasteiger partial charge in [-0.3, -0.25) is 4.90 Å². The molecule has 0 unspecified atom stereocenters. The molecule has 0 aliphatic rings. The number of ether oxygens (including phenoxy) is 1. The molecule has 0 fully saturated rings. The summed E-state index contributed by atoms with van der Waals surface area (Å²) in [5, 5.41) is 8.87. The van der Waals surface area contributed by atoms with Crippen LogP contribution in [0.1, 0.15) is 29.3 Å². The second-order valence-electron chi connectivity index (χ2n) is 4.24. The van der Waals surface area contributed by atoms with Gasteiger partial charge in [-0.1, -0.05) is 28.9 Å². The number of nitrogens with zero attached hydrogens (tertiary/aromatic N) is 1. The van der Waals surface area contributed by atoms with Crippen molar-refractivity contribution in [2.75, 3.05) is 26.8 Å². The SMILES string of the molecule is CCN(CCCO)Cc1ccc(C(=O)OC)cc1Br. The van der Waals surface area contributed by atoms with E-state index in [-0.39, 0.29) is 12.6 Å². The van der Waals surface area contributed by atoms with E-state index in [0.29, 0.717) is 5.56 Å². The molecule has 0 aromatic heterocycles. The van der Waals surface area contributed by atoms with Crippen LogP contribution in [0, 0.1) is 0 Å². The molecule has 1 aromatic carbocycles. The Hall–Kier alpha value is -0.910. The number of esters is 1. The van der Waals surface area contributed by atoms with Gasteiger partial charge in [-0.2, -0.15) is 0 Å². The van der Waals surface area contributed by atoms with E-state index in [1.54, 1.807) is 12.1 Å². The standard InChI is InChI=1S/C14H20BrNO3/c1-3-16(7-4-8-17)10-12-6-5-11(9-13(12)15)14(18)19-2/h5-6,9,17H,3-4,7-8,10H2,1-2H3. The molecule has 0 atom stereocenters. The maximum atomic E-state index is 11.4. The van der Waals surface area contributed by atoms with Crippen molar-refractivity contribution in [2.45, 2.75) is 19.9 Å². The van der Waals surface area contributed by atoms with Crippen molar-refractivity contribution in [3.8, 4) is 0 Å². The zero-order valence-electron chi connectivity index (χ0n) is 11.4. The molecule has 0 bridgehead atoms. The van der Waals surface area contributed by atoms with E-state index in [1.165, 1.54) is 7.11 Å². The summed E-state index contributed by atoms with van der Waals surface area (Å²) >= 11 is 3.49. The van der Waals surface area contributed by atoms with Crippen LogP contribution in [0.3, 0.4) is 0 Å². The lowest BCUT2D eigenvalue weighted by Crippen LogP contribution is -2.24. The third-order valence-corrected chi connectivity index (χ3v) is 3.69. The quantitative estimate of drug-likeness (QED) is 0.780. The number of carbonyl (C=O) groups is 1. The van der Waals surface area contributed by atoms with Gasteiger partial charge in [0.25, 0.3) is 0 Å². The zero-order valence-corrected chi connectivity index (χ0v) is 12.9. The largest absolute Gasteiger partial charge is 0.465 e. The molecule has 1 rings (SSSR count). The molecular formula is C14H20BrNO3. The van der Waals surface area contributed by atoms with Gasteiger partial charge >= 0.3 is 5.97 Å². The van der Waals surface area contributed by atoms with Crippen LogP contribution in [0.2, 0.25) is 0 Å². The topological polar surface area (TPSA) is 49.8 Å². The van der Waals surface area contributed by atoms with Crippen LogP contribution in [0.4, 0.5) is 0 Å². The Balaban J connectivity index is 2.75. The Kier molecular flexibility index (Phi) is 7.05. The summed E-state index contributed by atoms with van der Waals surface area (Å²) in [6.45, 7) is 4.87. The highest BCUT2D eigenvalue weighted by atomic mass is 79.9. The normalized spacial score (nSPS) is 10.8. The van der Waals surface area contributed by atoms with E-state index in [2.05, 4.69) is 32.5 Å². The minimum absolute atomic E-state index is 0.207. The lowest BCUT2D eigenvalue weighted by molar-refractivity contribution is 0.0600. The summed E-state index contributed by atoms with van der Waals surface area (Å²) in [5.41, 5.74) is 1.66. The first-order valence-corrected chi connectivity index (χ1v) is 7.11. The number of halogens is 1. The molecule has 0 spiro atoms. The molecule has 0 aliphatic carbocycles. The number of benzene rings is 1. The number of aliphatic hydroxyl groups is 1. The van der Waals surface area contributed by atoms with Crippen LogP contribution in [-0.4, -0.2) is 42.8 Å². The van der Waals surface area contributed by atoms with Crippen LogP contribution in [0.5, 0.6) is 0 Å². The van der Waals surface area contributed by atoms with Gasteiger partial charge < -0.3 is 9.84 Å². The third kappa shape index (κ3) is 4.93. The fraction of sp³-hybridized carbons (Fsp3) is 0.500. The van der Waals surface area contributed by atoms with Gasteiger partial charge in [0.2, 0.25) is 0 Å². The fourth-order valence-electron chi connectivity index (χ4n) is 1.80. The Morgan fingerprint density at radius 3 is 2.74 bits per heavy atom. The molecule has 0 saturated heterocycles. The maximum absolute atomic E-state index is 11.4. The maximum Gasteiger partial charge on any atom is 0.337 e. The summed E-state index contributed by atoms with van der Waals surface area (Å²) in [4.78, 5) is 13.7. The Morgan fingerprint density at radius 1 is 1.47 bits per heavy atom. The molecule has 4 nitrogen and oxygen atoms in total. The predicted octanol–water partition coefficient (Wildman–Crippen LogP) is 2.44. The number of aliphatic hydroxyl groups excluding tert-OH is 1. The molecular weight excluding hydrogens is 310 g/mol. The number of carbonyl (C=O) groups excluding carboxylic acids is 1. The number of methoxy groups -OCH3 is 1. The van der Waals surface area contributed by atoms with E-state index >= 15 is 0 Å². The minimum Gasteiger partial charge on any atom is -0.465 e. The van der Waals surface area contributed by atoms with Crippen molar-refractivity contribution < 1.29 is 14.6 Å². The highest BCUT2D eigenvalue weighted by Gasteiger charge is 2.10. The van der Waals surface area contributed by atoms with Crippen LogP contribution < -0.4 is 0 Å². The molecule has 0 radical (unpaired) electrons. The smallest absolute Gasteiger partial charge is 0.337 e. The monoisotopic (exact) mass is 329 g/mol. The number of hydrogen-bond donors (Lipinski definition) is 1. The van der Waals surface area contributed by atoms with Gasteiger partial charge in [-0.05, 0) is 30.7 Å². The molecule has 0 saturated carbocycles. The van der Waals surface area contributed by atoms with Gasteiger partial charge in [0, 0.05) is 24.2 Å². The van der Waals surface area contributed by atoms with E-state index in [4.69, 9.17) is 5.11 Å². The molecule has 106 valence electrons. The Labute approximate surface area is 122 Å². The Bertz CT molecular complexity index is 423. The van der Waals surface area contributed by atoms with Gasteiger partial charge in [0.05, 0.1) is 12.7 Å². The molecule has 0 aliphatic heterocycles. The van der Waals surface area contributed by atoms with Crippen molar-refractivity contribution in [1.82, 2.24) is 4.90 Å². The molecule has 1 N–H and O–H groups in total. The first kappa shape index (κ1) is 16.1. The molecule has 0 amide bonds. The average molecular weight is 330 g/mol. The molecule has 0 heterocycles. The van der Waals surface area contributed by atoms with Crippen molar-refractivity contribution in [3.05, 3.63) is 33.8 Å². The van der Waals surface area contributed by atoms with Crippen molar-refractivity contribution >= 4 is 21.9 Å². The average Bonchev–Trinajstić information content (AvgIpc) is 2.44. The summed E-state index contributed by atoms with van der Waals surface area (Å²) < 4.78 is 5.59. The number of hydrogen-bond acceptors (Lipinski definition) is 4. The summed E-state index contributed by atoms with van der Waals surface area (Å²) in [5.74, 6) is -0.333. The summed E-state index contributed by atoms with van der Waals surface area (Å²) in [6, 6.07) is 5.48. The van der Waals surface area contributed by atoms with Gasteiger partial charge in [0.15, 0.2) is 0 Å². The van der Waals surface area contributed by atoms with Crippen molar-refractivity contribution in [1.29, 1.82) is 0 Å². The molecule has 5 heteroatoms.